The molecule has 9 heteroatoms. The van der Waals surface area contributed by atoms with Gasteiger partial charge < -0.3 is 24.6 Å². The van der Waals surface area contributed by atoms with Crippen molar-refractivity contribution >= 4 is 23.4 Å². The van der Waals surface area contributed by atoms with Gasteiger partial charge >= 0.3 is 0 Å². The van der Waals surface area contributed by atoms with Crippen molar-refractivity contribution in [2.75, 3.05) is 31.3 Å². The summed E-state index contributed by atoms with van der Waals surface area (Å²) in [4.78, 5) is 45.7. The summed E-state index contributed by atoms with van der Waals surface area (Å²) in [6, 6.07) is 9.14. The fraction of sp³-hybridized carbons (Fsp3) is 0.417. The summed E-state index contributed by atoms with van der Waals surface area (Å²) >= 11 is 0. The van der Waals surface area contributed by atoms with Crippen LogP contribution in [0.5, 0.6) is 11.5 Å². The minimum Gasteiger partial charge on any atom is -0.454 e. The normalized spacial score (nSPS) is 20.2. The summed E-state index contributed by atoms with van der Waals surface area (Å²) in [5, 5.41) is 2.96. The number of aromatic nitrogens is 1. The minimum absolute atomic E-state index is 0.0102. The van der Waals surface area contributed by atoms with Crippen LogP contribution in [0.1, 0.15) is 24.8 Å². The lowest BCUT2D eigenvalue weighted by Crippen LogP contribution is -2.45. The third-order valence-electron chi connectivity index (χ3n) is 6.51. The Labute approximate surface area is 191 Å². The van der Waals surface area contributed by atoms with Crippen molar-refractivity contribution in [3.8, 4) is 11.5 Å². The van der Waals surface area contributed by atoms with Crippen LogP contribution < -0.4 is 19.7 Å². The first-order valence-corrected chi connectivity index (χ1v) is 11.2. The predicted octanol–water partition coefficient (Wildman–Crippen LogP) is 1.72. The summed E-state index contributed by atoms with van der Waals surface area (Å²) in [5.74, 6) is 0.706. The van der Waals surface area contributed by atoms with E-state index in [1.54, 1.807) is 34.3 Å². The van der Waals surface area contributed by atoms with E-state index in [2.05, 4.69) is 10.3 Å². The number of fused-ring (bicyclic) bond motifs is 1. The number of nitrogens with one attached hydrogen (secondary N) is 1. The van der Waals surface area contributed by atoms with Gasteiger partial charge in [0.15, 0.2) is 11.5 Å². The second-order valence-electron chi connectivity index (χ2n) is 8.62. The molecule has 0 spiro atoms. The van der Waals surface area contributed by atoms with Crippen molar-refractivity contribution in [3.63, 3.8) is 0 Å². The number of hydrogen-bond acceptors (Lipinski definition) is 6. The molecule has 0 radical (unpaired) electrons. The Morgan fingerprint density at radius 1 is 1.09 bits per heavy atom. The van der Waals surface area contributed by atoms with Crippen molar-refractivity contribution in [2.45, 2.75) is 25.8 Å². The van der Waals surface area contributed by atoms with Gasteiger partial charge in [0.05, 0.1) is 5.92 Å². The molecule has 9 nitrogen and oxygen atoms in total. The molecule has 1 atom stereocenters. The van der Waals surface area contributed by atoms with E-state index in [0.717, 1.165) is 5.56 Å². The van der Waals surface area contributed by atoms with Crippen LogP contribution in [0.3, 0.4) is 0 Å². The second-order valence-corrected chi connectivity index (χ2v) is 8.62. The molecular formula is C24H26N4O5. The van der Waals surface area contributed by atoms with Crippen molar-refractivity contribution in [3.05, 3.63) is 48.3 Å². The number of anilines is 1. The van der Waals surface area contributed by atoms with Crippen molar-refractivity contribution < 1.29 is 23.9 Å². The molecule has 2 saturated heterocycles. The fourth-order valence-corrected chi connectivity index (χ4v) is 4.63. The molecule has 1 N–H and O–H groups in total. The summed E-state index contributed by atoms with van der Waals surface area (Å²) in [5.41, 5.74) is 1.67. The molecule has 1 aromatic carbocycles. The van der Waals surface area contributed by atoms with E-state index in [1.165, 1.54) is 0 Å². The molecule has 33 heavy (non-hydrogen) atoms. The van der Waals surface area contributed by atoms with Gasteiger partial charge in [0.1, 0.15) is 0 Å². The third-order valence-corrected chi connectivity index (χ3v) is 6.51. The maximum atomic E-state index is 13.1. The number of pyridine rings is 1. The third kappa shape index (κ3) is 4.48. The molecule has 3 aliphatic rings. The number of rotatable bonds is 5. The lowest BCUT2D eigenvalue weighted by Gasteiger charge is -2.33. The average Bonchev–Trinajstić information content (AvgIpc) is 3.48. The zero-order valence-electron chi connectivity index (χ0n) is 18.2. The molecule has 4 heterocycles. The van der Waals surface area contributed by atoms with Crippen molar-refractivity contribution in [1.82, 2.24) is 15.2 Å². The second kappa shape index (κ2) is 9.09. The zero-order chi connectivity index (χ0) is 22.8. The van der Waals surface area contributed by atoms with Crippen LogP contribution in [0.2, 0.25) is 0 Å². The van der Waals surface area contributed by atoms with E-state index >= 15 is 0 Å². The number of amides is 3. The van der Waals surface area contributed by atoms with Crippen LogP contribution in [0, 0.1) is 11.8 Å². The highest BCUT2D eigenvalue weighted by Crippen LogP contribution is 2.37. The van der Waals surface area contributed by atoms with E-state index in [-0.39, 0.29) is 42.8 Å². The van der Waals surface area contributed by atoms with Crippen LogP contribution in [0.25, 0.3) is 0 Å². The molecule has 3 amide bonds. The Hall–Kier alpha value is -3.62. The van der Waals surface area contributed by atoms with Gasteiger partial charge in [-0.05, 0) is 36.6 Å². The largest absolute Gasteiger partial charge is 0.454 e. The fourth-order valence-electron chi connectivity index (χ4n) is 4.63. The van der Waals surface area contributed by atoms with Gasteiger partial charge in [0.2, 0.25) is 24.5 Å². The van der Waals surface area contributed by atoms with Gasteiger partial charge in [-0.15, -0.1) is 0 Å². The molecule has 0 aliphatic carbocycles. The number of benzene rings is 1. The molecular weight excluding hydrogens is 424 g/mol. The van der Waals surface area contributed by atoms with Gasteiger partial charge in [0.25, 0.3) is 0 Å². The van der Waals surface area contributed by atoms with Gasteiger partial charge in [-0.1, -0.05) is 6.07 Å². The monoisotopic (exact) mass is 450 g/mol. The number of hydrogen-bond donors (Lipinski definition) is 1. The van der Waals surface area contributed by atoms with Crippen molar-refractivity contribution in [1.29, 1.82) is 0 Å². The quantitative estimate of drug-likeness (QED) is 0.745. The Kier molecular flexibility index (Phi) is 5.85. The van der Waals surface area contributed by atoms with E-state index in [1.807, 2.05) is 18.2 Å². The molecule has 5 rings (SSSR count). The average molecular weight is 450 g/mol. The van der Waals surface area contributed by atoms with Crippen LogP contribution in [-0.4, -0.2) is 54.0 Å². The number of ether oxygens (including phenoxy) is 2. The molecule has 3 aliphatic heterocycles. The predicted molar refractivity (Wildman–Crippen MR) is 118 cm³/mol. The van der Waals surface area contributed by atoms with E-state index in [4.69, 9.17) is 9.47 Å². The summed E-state index contributed by atoms with van der Waals surface area (Å²) in [6.07, 6.45) is 4.87. The molecule has 2 aromatic rings. The lowest BCUT2D eigenvalue weighted by molar-refractivity contribution is -0.139. The van der Waals surface area contributed by atoms with Crippen molar-refractivity contribution in [2.24, 2.45) is 11.8 Å². The summed E-state index contributed by atoms with van der Waals surface area (Å²) < 4.78 is 10.7. The highest BCUT2D eigenvalue weighted by Gasteiger charge is 2.39. The molecule has 172 valence electrons. The number of nitrogens with zero attached hydrogens (tertiary/aromatic N) is 3. The van der Waals surface area contributed by atoms with Crippen LogP contribution >= 0.6 is 0 Å². The van der Waals surface area contributed by atoms with Gasteiger partial charge in [-0.3, -0.25) is 19.4 Å². The van der Waals surface area contributed by atoms with E-state index < -0.39 is 0 Å². The van der Waals surface area contributed by atoms with Gasteiger partial charge in [-0.25, -0.2) is 0 Å². The van der Waals surface area contributed by atoms with Gasteiger partial charge in [0, 0.05) is 62.7 Å². The maximum absolute atomic E-state index is 13.1. The van der Waals surface area contributed by atoms with Crippen LogP contribution in [0.15, 0.2) is 42.7 Å². The van der Waals surface area contributed by atoms with Gasteiger partial charge in [-0.2, -0.15) is 0 Å². The van der Waals surface area contributed by atoms with E-state index in [0.29, 0.717) is 56.2 Å². The summed E-state index contributed by atoms with van der Waals surface area (Å²) in [6.45, 7) is 2.02. The number of carbonyl (C=O) groups is 3. The first-order chi connectivity index (χ1) is 16.1. The highest BCUT2D eigenvalue weighted by molar-refractivity contribution is 6.00. The zero-order valence-corrected chi connectivity index (χ0v) is 18.2. The Morgan fingerprint density at radius 2 is 1.91 bits per heavy atom. The van der Waals surface area contributed by atoms with E-state index in [9.17, 15) is 14.4 Å². The number of piperidine rings is 1. The smallest absolute Gasteiger partial charge is 0.231 e. The number of likely N-dealkylation sites (tertiary alicyclic amines) is 1. The topological polar surface area (TPSA) is 101 Å². The SMILES string of the molecule is O=C(NCc1cccnc1)C1CCN(C(=O)C2CC(=O)N(c3ccc4c(c3)OCO4)C2)CC1. The Balaban J connectivity index is 1.13. The first kappa shape index (κ1) is 21.2. The lowest BCUT2D eigenvalue weighted by atomic mass is 9.94. The van der Waals surface area contributed by atoms with Crippen LogP contribution in [0.4, 0.5) is 5.69 Å². The number of carbonyl (C=O) groups excluding carboxylic acids is 3. The highest BCUT2D eigenvalue weighted by atomic mass is 16.7. The molecule has 1 unspecified atom stereocenters. The molecule has 0 bridgehead atoms. The molecule has 1 aromatic heterocycles. The molecule has 0 saturated carbocycles. The molecule has 2 fully saturated rings. The summed E-state index contributed by atoms with van der Waals surface area (Å²) in [7, 11) is 0. The maximum Gasteiger partial charge on any atom is 0.231 e. The first-order valence-electron chi connectivity index (χ1n) is 11.2. The Bertz CT molecular complexity index is 1050. The minimum atomic E-state index is -0.376. The van der Waals surface area contributed by atoms with Crippen LogP contribution in [-0.2, 0) is 20.9 Å². The standard InChI is InChI=1S/C24H26N4O5/c29-22-10-18(14-28(22)19-3-4-20-21(11-19)33-15-32-20)24(31)27-8-5-17(6-9-27)23(30)26-13-16-2-1-7-25-12-16/h1-4,7,11-12,17-18H,5-6,8-10,13-15H2,(H,26,30). The Morgan fingerprint density at radius 3 is 2.70 bits per heavy atom.